The van der Waals surface area contributed by atoms with Gasteiger partial charge in [0, 0.05) is 37.3 Å². The van der Waals surface area contributed by atoms with Crippen LogP contribution in [0.1, 0.15) is 65.2 Å². The van der Waals surface area contributed by atoms with Crippen LogP contribution in [0.5, 0.6) is 0 Å². The van der Waals surface area contributed by atoms with E-state index in [-0.39, 0.29) is 0 Å². The molecule has 0 aromatic rings. The van der Waals surface area contributed by atoms with Gasteiger partial charge < -0.3 is 10.1 Å². The molecule has 3 fully saturated rings. The monoisotopic (exact) mass is 294 g/mol. The first-order chi connectivity index (χ1) is 10.2. The highest BCUT2D eigenvalue weighted by atomic mass is 16.5. The summed E-state index contributed by atoms with van der Waals surface area (Å²) >= 11 is 0. The quantitative estimate of drug-likeness (QED) is 0.761. The smallest absolute Gasteiger partial charge is 0.0593 e. The highest BCUT2D eigenvalue weighted by Crippen LogP contribution is 2.46. The van der Waals surface area contributed by atoms with Crippen molar-refractivity contribution in [3.63, 3.8) is 0 Å². The maximum Gasteiger partial charge on any atom is 0.0593 e. The Bertz CT molecular complexity index is 336. The normalized spacial score (nSPS) is 33.4. The Morgan fingerprint density at radius 1 is 1.14 bits per heavy atom. The first kappa shape index (κ1) is 15.8. The van der Waals surface area contributed by atoms with Crippen LogP contribution in [-0.2, 0) is 4.74 Å². The lowest BCUT2D eigenvalue weighted by molar-refractivity contribution is -0.0283. The van der Waals surface area contributed by atoms with E-state index in [2.05, 4.69) is 24.1 Å². The fourth-order valence-electron chi connectivity index (χ4n) is 4.51. The maximum absolute atomic E-state index is 5.79. The van der Waals surface area contributed by atoms with E-state index in [1.807, 2.05) is 0 Å². The Labute approximate surface area is 130 Å². The molecule has 0 radical (unpaired) electrons. The first-order valence-electron chi connectivity index (χ1n) is 9.26. The number of hydrogen-bond acceptors (Lipinski definition) is 3. The molecule has 0 aromatic heterocycles. The lowest BCUT2D eigenvalue weighted by Gasteiger charge is -2.55. The number of hydrogen-bond donors (Lipinski definition) is 1. The molecule has 1 aliphatic heterocycles. The summed E-state index contributed by atoms with van der Waals surface area (Å²) in [7, 11) is 0. The molecule has 21 heavy (non-hydrogen) atoms. The summed E-state index contributed by atoms with van der Waals surface area (Å²) < 4.78 is 5.79. The summed E-state index contributed by atoms with van der Waals surface area (Å²) in [5, 5.41) is 4.00. The fraction of sp³-hybridized carbons (Fsp3) is 1.00. The van der Waals surface area contributed by atoms with E-state index in [0.717, 1.165) is 32.1 Å². The molecule has 1 heterocycles. The Kier molecular flexibility index (Phi) is 4.92. The summed E-state index contributed by atoms with van der Waals surface area (Å²) in [4.78, 5) is 2.79. The fourth-order valence-corrected chi connectivity index (χ4v) is 4.51. The van der Waals surface area contributed by atoms with E-state index in [4.69, 9.17) is 4.74 Å². The minimum Gasteiger partial charge on any atom is -0.380 e. The van der Waals surface area contributed by atoms with Gasteiger partial charge in [-0.15, -0.1) is 0 Å². The van der Waals surface area contributed by atoms with E-state index < -0.39 is 0 Å². The van der Waals surface area contributed by atoms with E-state index in [9.17, 15) is 0 Å². The molecule has 122 valence electrons. The zero-order valence-corrected chi connectivity index (χ0v) is 14.1. The molecule has 1 unspecified atom stereocenters. The van der Waals surface area contributed by atoms with Crippen molar-refractivity contribution >= 4 is 0 Å². The number of ether oxygens (including phenoxy) is 1. The Morgan fingerprint density at radius 3 is 2.57 bits per heavy atom. The molecular formula is C18H34N2O. The molecule has 0 aromatic carbocycles. The van der Waals surface area contributed by atoms with Crippen LogP contribution in [-0.4, -0.2) is 48.8 Å². The lowest BCUT2D eigenvalue weighted by atomic mass is 9.76. The van der Waals surface area contributed by atoms with Crippen LogP contribution in [0.2, 0.25) is 0 Å². The highest BCUT2D eigenvalue weighted by molar-refractivity contribution is 5.09. The summed E-state index contributed by atoms with van der Waals surface area (Å²) in [6.07, 6.45) is 11.0. The predicted molar refractivity (Wildman–Crippen MR) is 87.6 cm³/mol. The van der Waals surface area contributed by atoms with Crippen LogP contribution in [0.25, 0.3) is 0 Å². The van der Waals surface area contributed by atoms with Crippen molar-refractivity contribution in [3.05, 3.63) is 0 Å². The van der Waals surface area contributed by atoms with Crippen LogP contribution in [0.4, 0.5) is 0 Å². The van der Waals surface area contributed by atoms with Gasteiger partial charge >= 0.3 is 0 Å². The molecule has 2 saturated carbocycles. The van der Waals surface area contributed by atoms with E-state index in [1.165, 1.54) is 58.0 Å². The number of nitrogens with zero attached hydrogens (tertiary/aromatic N) is 1. The molecule has 0 amide bonds. The van der Waals surface area contributed by atoms with E-state index >= 15 is 0 Å². The summed E-state index contributed by atoms with van der Waals surface area (Å²) in [5.74, 6) is 0.914. The van der Waals surface area contributed by atoms with E-state index in [1.54, 1.807) is 0 Å². The van der Waals surface area contributed by atoms with Crippen LogP contribution >= 0.6 is 0 Å². The summed E-state index contributed by atoms with van der Waals surface area (Å²) in [6, 6.07) is 0. The van der Waals surface area contributed by atoms with Gasteiger partial charge in [-0.3, -0.25) is 4.90 Å². The second-order valence-corrected chi connectivity index (χ2v) is 7.86. The topological polar surface area (TPSA) is 24.5 Å². The SMILES string of the molecule is CCCOCCN1CC2(CCCCC2)NCC1(C)C1CC1. The maximum atomic E-state index is 5.79. The van der Waals surface area contributed by atoms with Gasteiger partial charge in [-0.1, -0.05) is 26.2 Å². The van der Waals surface area contributed by atoms with Crippen molar-refractivity contribution in [1.82, 2.24) is 10.2 Å². The Morgan fingerprint density at radius 2 is 1.90 bits per heavy atom. The predicted octanol–water partition coefficient (Wildman–Crippen LogP) is 3.19. The molecule has 3 heteroatoms. The Balaban J connectivity index is 1.63. The van der Waals surface area contributed by atoms with Crippen molar-refractivity contribution in [3.8, 4) is 0 Å². The van der Waals surface area contributed by atoms with Gasteiger partial charge in [0.15, 0.2) is 0 Å². The molecule has 0 bridgehead atoms. The van der Waals surface area contributed by atoms with Crippen LogP contribution in [0.3, 0.4) is 0 Å². The van der Waals surface area contributed by atoms with Gasteiger partial charge in [-0.05, 0) is 44.9 Å². The van der Waals surface area contributed by atoms with Crippen molar-refractivity contribution < 1.29 is 4.74 Å². The minimum absolute atomic E-state index is 0.373. The van der Waals surface area contributed by atoms with Crippen molar-refractivity contribution in [2.45, 2.75) is 76.3 Å². The third kappa shape index (κ3) is 3.46. The zero-order valence-electron chi connectivity index (χ0n) is 14.1. The van der Waals surface area contributed by atoms with Gasteiger partial charge in [0.2, 0.25) is 0 Å². The van der Waals surface area contributed by atoms with E-state index in [0.29, 0.717) is 11.1 Å². The first-order valence-corrected chi connectivity index (χ1v) is 9.26. The Hall–Kier alpha value is -0.120. The average Bonchev–Trinajstić information content (AvgIpc) is 3.34. The molecule has 3 aliphatic rings. The lowest BCUT2D eigenvalue weighted by Crippen LogP contribution is -2.70. The van der Waals surface area contributed by atoms with Crippen molar-refractivity contribution in [2.24, 2.45) is 5.92 Å². The van der Waals surface area contributed by atoms with Gasteiger partial charge in [-0.25, -0.2) is 0 Å². The largest absolute Gasteiger partial charge is 0.380 e. The molecule has 1 atom stereocenters. The number of nitrogens with one attached hydrogen (secondary N) is 1. The average molecular weight is 294 g/mol. The standard InChI is InChI=1S/C18H34N2O/c1-3-12-21-13-11-20-15-18(9-5-4-6-10-18)19-14-17(20,2)16-7-8-16/h16,19H,3-15H2,1-2H3. The zero-order chi connectivity index (χ0) is 14.8. The number of piperazine rings is 1. The molecule has 2 aliphatic carbocycles. The van der Waals surface area contributed by atoms with Crippen LogP contribution in [0, 0.1) is 5.92 Å². The molecule has 1 spiro atoms. The molecule has 3 nitrogen and oxygen atoms in total. The van der Waals surface area contributed by atoms with Crippen molar-refractivity contribution in [1.29, 1.82) is 0 Å². The highest BCUT2D eigenvalue weighted by Gasteiger charge is 2.51. The van der Waals surface area contributed by atoms with Gasteiger partial charge in [0.1, 0.15) is 0 Å². The second kappa shape index (κ2) is 6.55. The molecule has 1 saturated heterocycles. The molecule has 3 rings (SSSR count). The minimum atomic E-state index is 0.373. The van der Waals surface area contributed by atoms with Crippen LogP contribution < -0.4 is 5.32 Å². The van der Waals surface area contributed by atoms with Gasteiger partial charge in [0.05, 0.1) is 6.61 Å². The molecule has 1 N–H and O–H groups in total. The van der Waals surface area contributed by atoms with Gasteiger partial charge in [-0.2, -0.15) is 0 Å². The van der Waals surface area contributed by atoms with Crippen molar-refractivity contribution in [2.75, 3.05) is 32.8 Å². The second-order valence-electron chi connectivity index (χ2n) is 7.86. The third-order valence-corrected chi connectivity index (χ3v) is 6.16. The van der Waals surface area contributed by atoms with Crippen LogP contribution in [0.15, 0.2) is 0 Å². The van der Waals surface area contributed by atoms with Gasteiger partial charge in [0.25, 0.3) is 0 Å². The molecular weight excluding hydrogens is 260 g/mol. The third-order valence-electron chi connectivity index (χ3n) is 6.16. The summed E-state index contributed by atoms with van der Waals surface area (Å²) in [5.41, 5.74) is 0.787. The summed E-state index contributed by atoms with van der Waals surface area (Å²) in [6.45, 7) is 10.1. The number of rotatable bonds is 6.